The van der Waals surface area contributed by atoms with E-state index in [0.717, 1.165) is 12.1 Å². The van der Waals surface area contributed by atoms with Gasteiger partial charge < -0.3 is 10.1 Å². The van der Waals surface area contributed by atoms with Crippen LogP contribution in [0.1, 0.15) is 21.6 Å². The highest BCUT2D eigenvalue weighted by atomic mass is 35.5. The molecule has 150 valence electrons. The summed E-state index contributed by atoms with van der Waals surface area (Å²) in [6, 6.07) is 12.3. The van der Waals surface area contributed by atoms with Gasteiger partial charge >= 0.3 is 6.18 Å². The van der Waals surface area contributed by atoms with Gasteiger partial charge in [-0.15, -0.1) is 10.2 Å². The fraction of sp³-hybridized carbons (Fsp3) is 0.105. The molecule has 0 radical (unpaired) electrons. The number of ether oxygens (including phenoxy) is 1. The summed E-state index contributed by atoms with van der Waals surface area (Å²) in [7, 11) is 0. The minimum absolute atomic E-state index is 0.0264. The van der Waals surface area contributed by atoms with Crippen LogP contribution in [0.25, 0.3) is 0 Å². The Kier molecular flexibility index (Phi) is 6.24. The van der Waals surface area contributed by atoms with Crippen LogP contribution in [0.4, 0.5) is 13.2 Å². The average Bonchev–Trinajstić information content (AvgIpc) is 2.70. The first-order chi connectivity index (χ1) is 13.7. The number of benzene rings is 2. The van der Waals surface area contributed by atoms with Gasteiger partial charge in [0.15, 0.2) is 5.69 Å². The number of halogens is 5. The van der Waals surface area contributed by atoms with Crippen molar-refractivity contribution < 1.29 is 22.7 Å². The van der Waals surface area contributed by atoms with Crippen LogP contribution >= 0.6 is 23.2 Å². The lowest BCUT2D eigenvalue weighted by Crippen LogP contribution is -2.24. The molecule has 5 nitrogen and oxygen atoms in total. The number of hydrogen-bond donors (Lipinski definition) is 1. The second-order valence-electron chi connectivity index (χ2n) is 5.79. The minimum Gasteiger partial charge on any atom is -0.436 e. The molecular formula is C19H12Cl2F3N3O2. The summed E-state index contributed by atoms with van der Waals surface area (Å²) in [5.74, 6) is -0.235. The molecule has 0 bridgehead atoms. The average molecular weight is 442 g/mol. The maximum Gasteiger partial charge on any atom is 0.416 e. The predicted molar refractivity (Wildman–Crippen MR) is 101 cm³/mol. The number of rotatable bonds is 5. The van der Waals surface area contributed by atoms with Crippen LogP contribution in [-0.2, 0) is 12.7 Å². The van der Waals surface area contributed by atoms with Crippen LogP contribution < -0.4 is 10.1 Å². The Labute approximate surface area is 173 Å². The number of carbonyl (C=O) groups excluding carboxylic acids is 1. The van der Waals surface area contributed by atoms with E-state index in [1.807, 2.05) is 0 Å². The van der Waals surface area contributed by atoms with Crippen molar-refractivity contribution in [3.8, 4) is 11.6 Å². The van der Waals surface area contributed by atoms with Gasteiger partial charge in [-0.3, -0.25) is 4.79 Å². The molecule has 0 aliphatic heterocycles. The Balaban J connectivity index is 1.63. The third-order valence-electron chi connectivity index (χ3n) is 3.71. The number of carbonyl (C=O) groups is 1. The van der Waals surface area contributed by atoms with Crippen molar-refractivity contribution in [2.24, 2.45) is 0 Å². The van der Waals surface area contributed by atoms with E-state index in [0.29, 0.717) is 10.6 Å². The van der Waals surface area contributed by atoms with Gasteiger partial charge in [-0.1, -0.05) is 41.4 Å². The third-order valence-corrected chi connectivity index (χ3v) is 4.51. The monoisotopic (exact) mass is 441 g/mol. The van der Waals surface area contributed by atoms with E-state index in [9.17, 15) is 18.0 Å². The molecule has 0 saturated carbocycles. The van der Waals surface area contributed by atoms with E-state index in [-0.39, 0.29) is 28.9 Å². The first-order valence-electron chi connectivity index (χ1n) is 8.14. The summed E-state index contributed by atoms with van der Waals surface area (Å²) >= 11 is 11.9. The molecule has 10 heteroatoms. The quantitative estimate of drug-likeness (QED) is 0.565. The highest BCUT2D eigenvalue weighted by Gasteiger charge is 2.30. The van der Waals surface area contributed by atoms with Gasteiger partial charge in [0.1, 0.15) is 10.8 Å². The molecule has 0 unspecified atom stereocenters. The summed E-state index contributed by atoms with van der Waals surface area (Å²) in [6.07, 6.45) is -4.45. The summed E-state index contributed by atoms with van der Waals surface area (Å²) in [4.78, 5) is 12.2. The summed E-state index contributed by atoms with van der Waals surface area (Å²) in [5, 5.41) is 10.5. The lowest BCUT2D eigenvalue weighted by molar-refractivity contribution is -0.137. The molecule has 2 aromatic carbocycles. The zero-order chi connectivity index (χ0) is 21.0. The van der Waals surface area contributed by atoms with Crippen LogP contribution in [0.2, 0.25) is 10.0 Å². The van der Waals surface area contributed by atoms with Gasteiger partial charge in [-0.05, 0) is 35.9 Å². The largest absolute Gasteiger partial charge is 0.436 e. The smallest absolute Gasteiger partial charge is 0.416 e. The Bertz CT molecular complexity index is 1030. The molecule has 1 aromatic heterocycles. The van der Waals surface area contributed by atoms with Crippen LogP contribution in [-0.4, -0.2) is 16.1 Å². The number of nitrogens with one attached hydrogen (secondary N) is 1. The summed E-state index contributed by atoms with van der Waals surface area (Å²) in [5.41, 5.74) is -0.511. The molecule has 0 spiro atoms. The second kappa shape index (κ2) is 8.67. The number of alkyl halides is 3. The molecule has 0 aliphatic rings. The predicted octanol–water partition coefficient (Wildman–Crippen LogP) is 5.52. The Morgan fingerprint density at radius 3 is 2.48 bits per heavy atom. The van der Waals surface area contributed by atoms with E-state index in [1.165, 1.54) is 24.3 Å². The van der Waals surface area contributed by atoms with Crippen molar-refractivity contribution in [1.82, 2.24) is 15.5 Å². The Hall–Kier alpha value is -2.84. The fourth-order valence-electron chi connectivity index (χ4n) is 2.30. The van der Waals surface area contributed by atoms with Gasteiger partial charge in [-0.25, -0.2) is 0 Å². The standard InChI is InChI=1S/C19H12Cl2F3N3O2/c20-13-5-2-6-15(17(13)21)29-16-8-7-14(26-27-16)18(28)25-10-11-3-1-4-12(9-11)19(22,23)24/h1-9H,10H2,(H,25,28). The molecule has 3 rings (SSSR count). The number of nitrogens with zero attached hydrogens (tertiary/aromatic N) is 2. The molecule has 29 heavy (non-hydrogen) atoms. The first kappa shape index (κ1) is 20.9. The van der Waals surface area contributed by atoms with Crippen molar-refractivity contribution in [1.29, 1.82) is 0 Å². The molecular weight excluding hydrogens is 430 g/mol. The zero-order valence-corrected chi connectivity index (χ0v) is 16.0. The Morgan fingerprint density at radius 1 is 1.03 bits per heavy atom. The van der Waals surface area contributed by atoms with E-state index >= 15 is 0 Å². The SMILES string of the molecule is O=C(NCc1cccc(C(F)(F)F)c1)c1ccc(Oc2cccc(Cl)c2Cl)nn1. The highest BCUT2D eigenvalue weighted by molar-refractivity contribution is 6.42. The number of aromatic nitrogens is 2. The molecule has 1 amide bonds. The molecule has 3 aromatic rings. The van der Waals surface area contributed by atoms with Crippen molar-refractivity contribution >= 4 is 29.1 Å². The lowest BCUT2D eigenvalue weighted by atomic mass is 10.1. The fourth-order valence-corrected chi connectivity index (χ4v) is 2.63. The third kappa shape index (κ3) is 5.36. The topological polar surface area (TPSA) is 64.1 Å². The van der Waals surface area contributed by atoms with Gasteiger partial charge in [0, 0.05) is 12.6 Å². The molecule has 1 N–H and O–H groups in total. The first-order valence-corrected chi connectivity index (χ1v) is 8.89. The normalized spacial score (nSPS) is 11.2. The van der Waals surface area contributed by atoms with Gasteiger partial charge in [0.2, 0.25) is 5.88 Å². The van der Waals surface area contributed by atoms with E-state index in [4.69, 9.17) is 27.9 Å². The van der Waals surface area contributed by atoms with Gasteiger partial charge in [0.05, 0.1) is 10.6 Å². The maximum absolute atomic E-state index is 12.7. The van der Waals surface area contributed by atoms with Crippen molar-refractivity contribution in [3.05, 3.63) is 81.5 Å². The lowest BCUT2D eigenvalue weighted by Gasteiger charge is -2.10. The Morgan fingerprint density at radius 2 is 1.79 bits per heavy atom. The molecule has 0 saturated heterocycles. The van der Waals surface area contributed by atoms with Crippen LogP contribution in [0.3, 0.4) is 0 Å². The summed E-state index contributed by atoms with van der Waals surface area (Å²) in [6.45, 7) is -0.0964. The van der Waals surface area contributed by atoms with E-state index in [1.54, 1.807) is 18.2 Å². The van der Waals surface area contributed by atoms with E-state index < -0.39 is 17.6 Å². The molecule has 0 fully saturated rings. The minimum atomic E-state index is -4.45. The number of amides is 1. The molecule has 1 heterocycles. The zero-order valence-electron chi connectivity index (χ0n) is 14.5. The van der Waals surface area contributed by atoms with Crippen molar-refractivity contribution in [3.63, 3.8) is 0 Å². The number of hydrogen-bond acceptors (Lipinski definition) is 4. The highest BCUT2D eigenvalue weighted by Crippen LogP contribution is 2.34. The van der Waals surface area contributed by atoms with Crippen molar-refractivity contribution in [2.75, 3.05) is 0 Å². The molecule has 0 aliphatic carbocycles. The van der Waals surface area contributed by atoms with Crippen molar-refractivity contribution in [2.45, 2.75) is 12.7 Å². The second-order valence-corrected chi connectivity index (χ2v) is 6.58. The van der Waals surface area contributed by atoms with E-state index in [2.05, 4.69) is 15.5 Å². The van der Waals surface area contributed by atoms with Gasteiger partial charge in [0.25, 0.3) is 5.91 Å². The van der Waals surface area contributed by atoms with Crippen LogP contribution in [0.15, 0.2) is 54.6 Å². The van der Waals surface area contributed by atoms with Crippen LogP contribution in [0.5, 0.6) is 11.6 Å². The van der Waals surface area contributed by atoms with Gasteiger partial charge in [-0.2, -0.15) is 13.2 Å². The molecule has 0 atom stereocenters. The van der Waals surface area contributed by atoms with Crippen LogP contribution in [0, 0.1) is 0 Å². The maximum atomic E-state index is 12.7. The summed E-state index contributed by atoms with van der Waals surface area (Å²) < 4.78 is 43.7.